The zero-order valence-electron chi connectivity index (χ0n) is 8.58. The zero-order chi connectivity index (χ0) is 11.1. The van der Waals surface area contributed by atoms with E-state index in [4.69, 9.17) is 9.47 Å². The van der Waals surface area contributed by atoms with Crippen molar-refractivity contribution < 1.29 is 9.47 Å². The fourth-order valence-electron chi connectivity index (χ4n) is 1.86. The van der Waals surface area contributed by atoms with Crippen LogP contribution in [0.2, 0.25) is 0 Å². The first-order chi connectivity index (χ1) is 7.81. The molecule has 2 heterocycles. The SMILES string of the molecule is CNc1nccc2c(Br)cc3c(c12)OCO3. The minimum atomic E-state index is 0.263. The van der Waals surface area contributed by atoms with Crippen LogP contribution in [0.1, 0.15) is 0 Å². The third-order valence-corrected chi connectivity index (χ3v) is 3.23. The van der Waals surface area contributed by atoms with Gasteiger partial charge < -0.3 is 14.8 Å². The lowest BCUT2D eigenvalue weighted by Crippen LogP contribution is -1.95. The van der Waals surface area contributed by atoms with Crippen LogP contribution in [-0.2, 0) is 0 Å². The molecule has 82 valence electrons. The smallest absolute Gasteiger partial charge is 0.231 e. The quantitative estimate of drug-likeness (QED) is 0.872. The molecule has 0 saturated heterocycles. The summed E-state index contributed by atoms with van der Waals surface area (Å²) in [6, 6.07) is 3.87. The minimum Gasteiger partial charge on any atom is -0.454 e. The van der Waals surface area contributed by atoms with Gasteiger partial charge in [-0.1, -0.05) is 15.9 Å². The van der Waals surface area contributed by atoms with E-state index in [9.17, 15) is 0 Å². The second-order valence-electron chi connectivity index (χ2n) is 3.42. The second kappa shape index (κ2) is 3.52. The zero-order valence-corrected chi connectivity index (χ0v) is 10.2. The van der Waals surface area contributed by atoms with Crippen molar-refractivity contribution >= 4 is 32.5 Å². The van der Waals surface area contributed by atoms with Crippen LogP contribution in [0.4, 0.5) is 5.82 Å². The molecule has 0 spiro atoms. The van der Waals surface area contributed by atoms with E-state index in [-0.39, 0.29) is 6.79 Å². The van der Waals surface area contributed by atoms with Crippen LogP contribution in [0, 0.1) is 0 Å². The number of fused-ring (bicyclic) bond motifs is 3. The molecule has 5 heteroatoms. The number of aromatic nitrogens is 1. The van der Waals surface area contributed by atoms with Gasteiger partial charge >= 0.3 is 0 Å². The number of halogens is 1. The predicted molar refractivity (Wildman–Crippen MR) is 65.1 cm³/mol. The Hall–Kier alpha value is -1.49. The largest absolute Gasteiger partial charge is 0.454 e. The van der Waals surface area contributed by atoms with Crippen LogP contribution in [0.15, 0.2) is 22.8 Å². The number of nitrogens with one attached hydrogen (secondary N) is 1. The highest BCUT2D eigenvalue weighted by Gasteiger charge is 2.21. The standard InChI is InChI=1S/C11H9BrN2O2/c1-13-11-9-6(2-3-14-11)7(12)4-8-10(9)16-5-15-8/h2-4H,5H2,1H3,(H,13,14). The average Bonchev–Trinajstić information content (AvgIpc) is 2.76. The highest BCUT2D eigenvalue weighted by molar-refractivity contribution is 9.10. The van der Waals surface area contributed by atoms with E-state index in [1.54, 1.807) is 6.20 Å². The minimum absolute atomic E-state index is 0.263. The van der Waals surface area contributed by atoms with Crippen LogP contribution in [-0.4, -0.2) is 18.8 Å². The van der Waals surface area contributed by atoms with Crippen molar-refractivity contribution in [1.29, 1.82) is 0 Å². The van der Waals surface area contributed by atoms with Gasteiger partial charge in [0.15, 0.2) is 11.5 Å². The van der Waals surface area contributed by atoms with Gasteiger partial charge in [-0.2, -0.15) is 0 Å². The molecule has 0 bridgehead atoms. The summed E-state index contributed by atoms with van der Waals surface area (Å²) >= 11 is 3.52. The summed E-state index contributed by atoms with van der Waals surface area (Å²) in [7, 11) is 1.84. The summed E-state index contributed by atoms with van der Waals surface area (Å²) in [4.78, 5) is 4.28. The summed E-state index contributed by atoms with van der Waals surface area (Å²) in [5.41, 5.74) is 0. The number of rotatable bonds is 1. The molecule has 1 aromatic heterocycles. The lowest BCUT2D eigenvalue weighted by molar-refractivity contribution is 0.175. The lowest BCUT2D eigenvalue weighted by atomic mass is 10.1. The molecule has 1 aliphatic heterocycles. The molecule has 1 N–H and O–H groups in total. The van der Waals surface area contributed by atoms with Crippen LogP contribution in [0.3, 0.4) is 0 Å². The van der Waals surface area contributed by atoms with Gasteiger partial charge in [0.2, 0.25) is 6.79 Å². The first kappa shape index (κ1) is 9.72. The number of pyridine rings is 1. The van der Waals surface area contributed by atoms with E-state index in [0.717, 1.165) is 32.6 Å². The van der Waals surface area contributed by atoms with Crippen LogP contribution < -0.4 is 14.8 Å². The van der Waals surface area contributed by atoms with E-state index in [2.05, 4.69) is 26.2 Å². The van der Waals surface area contributed by atoms with Gasteiger partial charge in [0, 0.05) is 23.1 Å². The monoisotopic (exact) mass is 280 g/mol. The second-order valence-corrected chi connectivity index (χ2v) is 4.28. The van der Waals surface area contributed by atoms with Gasteiger partial charge in [0.25, 0.3) is 0 Å². The Balaban J connectivity index is 2.46. The van der Waals surface area contributed by atoms with Crippen molar-refractivity contribution in [3.8, 4) is 11.5 Å². The molecule has 0 unspecified atom stereocenters. The summed E-state index contributed by atoms with van der Waals surface area (Å²) < 4.78 is 11.8. The molecule has 0 radical (unpaired) electrons. The van der Waals surface area contributed by atoms with Gasteiger partial charge in [-0.3, -0.25) is 0 Å². The van der Waals surface area contributed by atoms with Crippen molar-refractivity contribution in [2.45, 2.75) is 0 Å². The number of hydrogen-bond donors (Lipinski definition) is 1. The molecular formula is C11H9BrN2O2. The molecule has 0 amide bonds. The Morgan fingerprint density at radius 3 is 3.12 bits per heavy atom. The van der Waals surface area contributed by atoms with Crippen molar-refractivity contribution in [3.63, 3.8) is 0 Å². The number of nitrogens with zero attached hydrogens (tertiary/aromatic N) is 1. The molecule has 4 nitrogen and oxygen atoms in total. The first-order valence-electron chi connectivity index (χ1n) is 4.86. The van der Waals surface area contributed by atoms with E-state index < -0.39 is 0 Å². The maximum atomic E-state index is 5.49. The Kier molecular flexibility index (Phi) is 2.14. The van der Waals surface area contributed by atoms with Crippen molar-refractivity contribution in [2.75, 3.05) is 19.2 Å². The fraction of sp³-hybridized carbons (Fsp3) is 0.182. The van der Waals surface area contributed by atoms with E-state index in [1.165, 1.54) is 0 Å². The lowest BCUT2D eigenvalue weighted by Gasteiger charge is -2.08. The van der Waals surface area contributed by atoms with Crippen molar-refractivity contribution in [2.24, 2.45) is 0 Å². The van der Waals surface area contributed by atoms with E-state index in [0.29, 0.717) is 0 Å². The van der Waals surface area contributed by atoms with Crippen molar-refractivity contribution in [3.05, 3.63) is 22.8 Å². The first-order valence-corrected chi connectivity index (χ1v) is 5.65. The summed E-state index contributed by atoms with van der Waals surface area (Å²) in [6.07, 6.45) is 1.77. The Morgan fingerprint density at radius 1 is 1.44 bits per heavy atom. The van der Waals surface area contributed by atoms with E-state index in [1.807, 2.05) is 19.2 Å². The molecule has 2 aromatic rings. The highest BCUT2D eigenvalue weighted by atomic mass is 79.9. The Bertz CT molecular complexity index is 571. The molecular weight excluding hydrogens is 272 g/mol. The maximum absolute atomic E-state index is 5.49. The fourth-order valence-corrected chi connectivity index (χ4v) is 2.40. The number of anilines is 1. The Labute approximate surface area is 101 Å². The predicted octanol–water partition coefficient (Wildman–Crippen LogP) is 2.77. The van der Waals surface area contributed by atoms with Gasteiger partial charge in [-0.05, 0) is 12.1 Å². The van der Waals surface area contributed by atoms with Gasteiger partial charge in [-0.15, -0.1) is 0 Å². The molecule has 0 aliphatic carbocycles. The molecule has 16 heavy (non-hydrogen) atoms. The van der Waals surface area contributed by atoms with Gasteiger partial charge in [0.1, 0.15) is 5.82 Å². The van der Waals surface area contributed by atoms with E-state index >= 15 is 0 Å². The number of hydrogen-bond acceptors (Lipinski definition) is 4. The third-order valence-electron chi connectivity index (χ3n) is 2.57. The topological polar surface area (TPSA) is 43.4 Å². The molecule has 0 fully saturated rings. The average molecular weight is 281 g/mol. The number of benzene rings is 1. The molecule has 0 atom stereocenters. The molecule has 1 aliphatic rings. The van der Waals surface area contributed by atoms with Gasteiger partial charge in [0.05, 0.1) is 5.39 Å². The number of ether oxygens (including phenoxy) is 2. The normalized spacial score (nSPS) is 13.1. The summed E-state index contributed by atoms with van der Waals surface area (Å²) in [5, 5.41) is 5.07. The highest BCUT2D eigenvalue weighted by Crippen LogP contribution is 2.45. The van der Waals surface area contributed by atoms with Gasteiger partial charge in [-0.25, -0.2) is 4.98 Å². The van der Waals surface area contributed by atoms with Crippen molar-refractivity contribution in [1.82, 2.24) is 4.98 Å². The van der Waals surface area contributed by atoms with Crippen LogP contribution in [0.5, 0.6) is 11.5 Å². The molecule has 3 rings (SSSR count). The van der Waals surface area contributed by atoms with Crippen LogP contribution >= 0.6 is 15.9 Å². The molecule has 0 saturated carbocycles. The van der Waals surface area contributed by atoms with Crippen LogP contribution in [0.25, 0.3) is 10.8 Å². The third kappa shape index (κ3) is 1.24. The maximum Gasteiger partial charge on any atom is 0.231 e. The summed E-state index contributed by atoms with van der Waals surface area (Å²) in [6.45, 7) is 0.263. The molecule has 1 aromatic carbocycles. The Morgan fingerprint density at radius 2 is 2.31 bits per heavy atom. The summed E-state index contributed by atoms with van der Waals surface area (Å²) in [5.74, 6) is 2.31.